The molecule has 6 nitrogen and oxygen atoms in total. The van der Waals surface area contributed by atoms with Crippen LogP contribution in [0.5, 0.6) is 0 Å². The fourth-order valence-electron chi connectivity index (χ4n) is 1.52. The van der Waals surface area contributed by atoms with Crippen LogP contribution in [-0.2, 0) is 20.7 Å². The number of ether oxygens (including phenoxy) is 1. The van der Waals surface area contributed by atoms with Gasteiger partial charge in [-0.15, -0.1) is 0 Å². The molecule has 3 amide bonds. The zero-order chi connectivity index (χ0) is 16.5. The number of hydrogen-bond acceptors (Lipinski definition) is 4. The fraction of sp³-hybridized carbons (Fsp3) is 0.400. The van der Waals surface area contributed by atoms with E-state index in [1.165, 1.54) is 18.2 Å². The van der Waals surface area contributed by atoms with Gasteiger partial charge in [0.2, 0.25) is 0 Å². The number of esters is 1. The molecule has 0 aliphatic carbocycles. The van der Waals surface area contributed by atoms with Gasteiger partial charge in [-0.3, -0.25) is 14.9 Å². The summed E-state index contributed by atoms with van der Waals surface area (Å²) in [7, 11) is 0. The van der Waals surface area contributed by atoms with E-state index in [0.29, 0.717) is 0 Å². The third-order valence-electron chi connectivity index (χ3n) is 2.90. The molecule has 0 bridgehead atoms. The first kappa shape index (κ1) is 17.6. The summed E-state index contributed by atoms with van der Waals surface area (Å²) >= 11 is 0. The minimum absolute atomic E-state index is 0.0728. The molecule has 0 radical (unpaired) electrons. The van der Waals surface area contributed by atoms with Crippen molar-refractivity contribution in [3.05, 3.63) is 35.6 Å². The number of hydrogen-bond donors (Lipinski definition) is 2. The van der Waals surface area contributed by atoms with Crippen molar-refractivity contribution in [2.45, 2.75) is 32.7 Å². The molecule has 1 atom stereocenters. The van der Waals surface area contributed by atoms with Crippen molar-refractivity contribution in [2.24, 2.45) is 0 Å². The minimum Gasteiger partial charge on any atom is -0.455 e. The zero-order valence-corrected chi connectivity index (χ0v) is 12.5. The normalized spacial score (nSPS) is 11.4. The van der Waals surface area contributed by atoms with Gasteiger partial charge in [0.25, 0.3) is 5.91 Å². The largest absolute Gasteiger partial charge is 0.455 e. The van der Waals surface area contributed by atoms with Gasteiger partial charge >= 0.3 is 12.0 Å². The van der Waals surface area contributed by atoms with E-state index in [1.807, 2.05) is 12.2 Å². The molecular weight excluding hydrogens is 291 g/mol. The van der Waals surface area contributed by atoms with E-state index in [9.17, 15) is 18.8 Å². The van der Waals surface area contributed by atoms with Crippen molar-refractivity contribution >= 4 is 17.9 Å². The molecule has 120 valence electrons. The van der Waals surface area contributed by atoms with Crippen molar-refractivity contribution in [2.75, 3.05) is 6.61 Å². The first-order valence-electron chi connectivity index (χ1n) is 6.91. The molecule has 22 heavy (non-hydrogen) atoms. The lowest BCUT2D eigenvalue weighted by molar-refractivity contribution is -0.147. The lowest BCUT2D eigenvalue weighted by Crippen LogP contribution is -2.44. The molecule has 0 saturated carbocycles. The number of carbonyl (C=O) groups is 3. The summed E-state index contributed by atoms with van der Waals surface area (Å²) in [6.45, 7) is 3.08. The number of benzene rings is 1. The van der Waals surface area contributed by atoms with Gasteiger partial charge in [-0.05, 0) is 25.0 Å². The van der Waals surface area contributed by atoms with E-state index < -0.39 is 30.3 Å². The van der Waals surface area contributed by atoms with Gasteiger partial charge in [0.05, 0.1) is 6.42 Å². The second kappa shape index (κ2) is 8.76. The van der Waals surface area contributed by atoms with Crippen LogP contribution >= 0.6 is 0 Å². The van der Waals surface area contributed by atoms with Crippen LogP contribution in [0.25, 0.3) is 0 Å². The molecule has 0 aliphatic heterocycles. The van der Waals surface area contributed by atoms with Gasteiger partial charge < -0.3 is 10.1 Å². The van der Waals surface area contributed by atoms with Gasteiger partial charge in [-0.2, -0.15) is 0 Å². The summed E-state index contributed by atoms with van der Waals surface area (Å²) in [5, 5.41) is 4.57. The average molecular weight is 310 g/mol. The standard InChI is InChI=1S/C15H19FN2O4/c1-3-10(2)17-15(21)18-13(19)9-22-14(20)8-11-6-4-5-7-12(11)16/h4-7,10H,3,8-9H2,1-2H3,(H2,17,18,19,21)/t10-/m1/s1. The highest BCUT2D eigenvalue weighted by Crippen LogP contribution is 2.07. The molecule has 0 heterocycles. The van der Waals surface area contributed by atoms with Crippen LogP contribution in [-0.4, -0.2) is 30.6 Å². The number of nitrogens with one attached hydrogen (secondary N) is 2. The summed E-state index contributed by atoms with van der Waals surface area (Å²) in [5.74, 6) is -2.01. The fourth-order valence-corrected chi connectivity index (χ4v) is 1.52. The summed E-state index contributed by atoms with van der Waals surface area (Å²) in [6, 6.07) is 5.07. The summed E-state index contributed by atoms with van der Waals surface area (Å²) < 4.78 is 18.0. The predicted octanol–water partition coefficient (Wildman–Crippen LogP) is 1.54. The number of imide groups is 1. The molecule has 1 rings (SSSR count). The third kappa shape index (κ3) is 6.34. The third-order valence-corrected chi connectivity index (χ3v) is 2.90. The number of carbonyl (C=O) groups excluding carboxylic acids is 3. The predicted molar refractivity (Wildman–Crippen MR) is 77.5 cm³/mol. The number of halogens is 1. The molecule has 0 spiro atoms. The summed E-state index contributed by atoms with van der Waals surface area (Å²) in [6.07, 6.45) is 0.443. The Kier molecular flexibility index (Phi) is 7.01. The SMILES string of the molecule is CC[C@@H](C)NC(=O)NC(=O)COC(=O)Cc1ccccc1F. The Bertz CT molecular complexity index is 548. The molecule has 0 unspecified atom stereocenters. The van der Waals surface area contributed by atoms with E-state index in [0.717, 1.165) is 6.42 Å². The maximum atomic E-state index is 13.3. The number of rotatable bonds is 6. The van der Waals surface area contributed by atoms with Crippen molar-refractivity contribution in [1.82, 2.24) is 10.6 Å². The van der Waals surface area contributed by atoms with E-state index in [4.69, 9.17) is 4.74 Å². The maximum absolute atomic E-state index is 13.3. The monoisotopic (exact) mass is 310 g/mol. The van der Waals surface area contributed by atoms with Crippen LogP contribution in [0.15, 0.2) is 24.3 Å². The molecule has 0 fully saturated rings. The molecule has 0 saturated heterocycles. The Morgan fingerprint density at radius 3 is 2.59 bits per heavy atom. The molecule has 0 aliphatic rings. The van der Waals surface area contributed by atoms with Crippen LogP contribution in [0, 0.1) is 5.82 Å². The van der Waals surface area contributed by atoms with E-state index >= 15 is 0 Å². The summed E-state index contributed by atoms with van der Waals surface area (Å²) in [4.78, 5) is 34.3. The van der Waals surface area contributed by atoms with Crippen LogP contribution in [0.2, 0.25) is 0 Å². The Morgan fingerprint density at radius 2 is 1.95 bits per heavy atom. The summed E-state index contributed by atoms with van der Waals surface area (Å²) in [5.41, 5.74) is 0.183. The van der Waals surface area contributed by atoms with Crippen molar-refractivity contribution in [3.63, 3.8) is 0 Å². The maximum Gasteiger partial charge on any atom is 0.321 e. The van der Waals surface area contributed by atoms with Gasteiger partial charge in [-0.25, -0.2) is 9.18 Å². The average Bonchev–Trinajstić information content (AvgIpc) is 2.47. The smallest absolute Gasteiger partial charge is 0.321 e. The highest BCUT2D eigenvalue weighted by molar-refractivity contribution is 5.95. The second-order valence-corrected chi connectivity index (χ2v) is 4.76. The molecule has 7 heteroatoms. The van der Waals surface area contributed by atoms with Crippen LogP contribution < -0.4 is 10.6 Å². The first-order chi connectivity index (χ1) is 10.4. The number of urea groups is 1. The lowest BCUT2D eigenvalue weighted by atomic mass is 10.1. The Hall–Kier alpha value is -2.44. The molecule has 2 N–H and O–H groups in total. The highest BCUT2D eigenvalue weighted by atomic mass is 19.1. The zero-order valence-electron chi connectivity index (χ0n) is 12.5. The number of amides is 3. The Balaban J connectivity index is 2.33. The van der Waals surface area contributed by atoms with Crippen molar-refractivity contribution in [3.8, 4) is 0 Å². The Labute approximate surface area is 128 Å². The van der Waals surface area contributed by atoms with Gasteiger partial charge in [-0.1, -0.05) is 25.1 Å². The van der Waals surface area contributed by atoms with Crippen LogP contribution in [0.1, 0.15) is 25.8 Å². The van der Waals surface area contributed by atoms with E-state index in [-0.39, 0.29) is 18.0 Å². The molecular formula is C15H19FN2O4. The van der Waals surface area contributed by atoms with E-state index in [2.05, 4.69) is 5.32 Å². The van der Waals surface area contributed by atoms with Gasteiger partial charge in [0.1, 0.15) is 5.82 Å². The Morgan fingerprint density at radius 1 is 1.27 bits per heavy atom. The molecule has 1 aromatic rings. The quantitative estimate of drug-likeness (QED) is 0.781. The second-order valence-electron chi connectivity index (χ2n) is 4.76. The lowest BCUT2D eigenvalue weighted by Gasteiger charge is -2.11. The van der Waals surface area contributed by atoms with E-state index in [1.54, 1.807) is 13.0 Å². The molecule has 1 aromatic carbocycles. The van der Waals surface area contributed by atoms with Crippen molar-refractivity contribution in [1.29, 1.82) is 0 Å². The first-order valence-corrected chi connectivity index (χ1v) is 6.91. The minimum atomic E-state index is -0.748. The van der Waals surface area contributed by atoms with Crippen LogP contribution in [0.4, 0.5) is 9.18 Å². The highest BCUT2D eigenvalue weighted by Gasteiger charge is 2.13. The topological polar surface area (TPSA) is 84.5 Å². The van der Waals surface area contributed by atoms with Crippen LogP contribution in [0.3, 0.4) is 0 Å². The van der Waals surface area contributed by atoms with Gasteiger partial charge in [0, 0.05) is 6.04 Å². The van der Waals surface area contributed by atoms with Gasteiger partial charge in [0.15, 0.2) is 6.61 Å². The van der Waals surface area contributed by atoms with Crippen molar-refractivity contribution < 1.29 is 23.5 Å². The molecule has 0 aromatic heterocycles.